The van der Waals surface area contributed by atoms with E-state index < -0.39 is 10.0 Å². The average molecular weight is 505 g/mol. The molecule has 1 fully saturated rings. The Morgan fingerprint density at radius 3 is 2.50 bits per heavy atom. The molecule has 0 bridgehead atoms. The van der Waals surface area contributed by atoms with Crippen LogP contribution >= 0.6 is 11.8 Å². The minimum Gasteiger partial charge on any atom is -0.497 e. The van der Waals surface area contributed by atoms with Crippen molar-refractivity contribution in [1.82, 2.24) is 14.5 Å². The molecule has 12 heteroatoms. The van der Waals surface area contributed by atoms with Crippen molar-refractivity contribution in [1.29, 1.82) is 0 Å². The van der Waals surface area contributed by atoms with Gasteiger partial charge in [0.1, 0.15) is 11.5 Å². The number of amides is 1. The summed E-state index contributed by atoms with van der Waals surface area (Å²) in [7, 11) is -0.427. The highest BCUT2D eigenvalue weighted by atomic mass is 32.2. The Labute approximate surface area is 201 Å². The fraction of sp³-hybridized carbons (Fsp3) is 0.318. The summed E-state index contributed by atoms with van der Waals surface area (Å²) < 4.78 is 42.9. The number of carbonyl (C=O) groups is 1. The van der Waals surface area contributed by atoms with Crippen molar-refractivity contribution in [3.63, 3.8) is 0 Å². The highest BCUT2D eigenvalue weighted by Gasteiger charge is 2.27. The monoisotopic (exact) mass is 504 g/mol. The molecule has 0 spiro atoms. The van der Waals surface area contributed by atoms with Gasteiger partial charge < -0.3 is 19.2 Å². The van der Waals surface area contributed by atoms with Gasteiger partial charge in [-0.3, -0.25) is 4.79 Å². The van der Waals surface area contributed by atoms with Crippen molar-refractivity contribution in [3.8, 4) is 23.0 Å². The third-order valence-electron chi connectivity index (χ3n) is 5.22. The third kappa shape index (κ3) is 5.34. The van der Waals surface area contributed by atoms with Crippen LogP contribution in [0, 0.1) is 0 Å². The largest absolute Gasteiger partial charge is 0.497 e. The number of sulfonamides is 1. The Morgan fingerprint density at radius 2 is 1.82 bits per heavy atom. The lowest BCUT2D eigenvalue weighted by molar-refractivity contribution is -0.113. The smallest absolute Gasteiger partial charge is 0.277 e. The van der Waals surface area contributed by atoms with Gasteiger partial charge in [-0.05, 0) is 49.2 Å². The van der Waals surface area contributed by atoms with Crippen LogP contribution in [0.25, 0.3) is 11.5 Å². The summed E-state index contributed by atoms with van der Waals surface area (Å²) in [6, 6.07) is 11.4. The average Bonchev–Trinajstić information content (AvgIpc) is 3.56. The number of methoxy groups -OCH3 is 2. The van der Waals surface area contributed by atoms with Crippen LogP contribution in [-0.4, -0.2) is 61.9 Å². The quantitative estimate of drug-likeness (QED) is 0.437. The van der Waals surface area contributed by atoms with Gasteiger partial charge in [-0.1, -0.05) is 11.8 Å². The van der Waals surface area contributed by atoms with Crippen molar-refractivity contribution in [2.45, 2.75) is 23.0 Å². The van der Waals surface area contributed by atoms with Crippen LogP contribution in [0.5, 0.6) is 11.5 Å². The zero-order valence-electron chi connectivity index (χ0n) is 18.7. The molecule has 180 valence electrons. The molecule has 0 aliphatic carbocycles. The zero-order valence-corrected chi connectivity index (χ0v) is 20.3. The summed E-state index contributed by atoms with van der Waals surface area (Å²) in [6.45, 7) is 1.10. The first kappa shape index (κ1) is 24.0. The second kappa shape index (κ2) is 10.5. The Bertz CT molecular complexity index is 1250. The van der Waals surface area contributed by atoms with Crippen LogP contribution in [0.1, 0.15) is 12.8 Å². The first-order valence-corrected chi connectivity index (χ1v) is 12.9. The number of hydrogen-bond acceptors (Lipinski definition) is 9. The summed E-state index contributed by atoms with van der Waals surface area (Å²) >= 11 is 1.09. The SMILES string of the molecule is COc1ccc(NC(=O)CSc2nnc(-c3ccc(S(=O)(=O)N4CCCC4)cc3)o2)c(OC)c1. The van der Waals surface area contributed by atoms with Crippen LogP contribution in [-0.2, 0) is 14.8 Å². The van der Waals surface area contributed by atoms with E-state index in [1.807, 2.05) is 0 Å². The predicted octanol–water partition coefficient (Wildman–Crippen LogP) is 3.27. The van der Waals surface area contributed by atoms with Crippen LogP contribution in [0.4, 0.5) is 5.69 Å². The molecule has 1 N–H and O–H groups in total. The molecule has 2 aromatic carbocycles. The molecule has 4 rings (SSSR count). The lowest BCUT2D eigenvalue weighted by atomic mass is 10.2. The molecule has 3 aromatic rings. The normalized spacial score (nSPS) is 14.2. The molecule has 0 radical (unpaired) electrons. The number of hydrogen-bond donors (Lipinski definition) is 1. The number of aromatic nitrogens is 2. The van der Waals surface area contributed by atoms with E-state index in [0.29, 0.717) is 35.8 Å². The van der Waals surface area contributed by atoms with Gasteiger partial charge in [0.25, 0.3) is 5.22 Å². The fourth-order valence-electron chi connectivity index (χ4n) is 3.45. The molecule has 2 heterocycles. The molecule has 1 aliphatic heterocycles. The Kier molecular flexibility index (Phi) is 7.39. The van der Waals surface area contributed by atoms with E-state index in [1.54, 1.807) is 37.4 Å². The minimum absolute atomic E-state index is 0.0455. The number of ether oxygens (including phenoxy) is 2. The second-order valence-electron chi connectivity index (χ2n) is 7.41. The number of thioether (sulfide) groups is 1. The maximum Gasteiger partial charge on any atom is 0.277 e. The van der Waals surface area contributed by atoms with Crippen molar-refractivity contribution in [2.24, 2.45) is 0 Å². The first-order valence-electron chi connectivity index (χ1n) is 10.5. The highest BCUT2D eigenvalue weighted by Crippen LogP contribution is 2.30. The molecule has 1 saturated heterocycles. The number of anilines is 1. The number of benzene rings is 2. The predicted molar refractivity (Wildman–Crippen MR) is 127 cm³/mol. The summed E-state index contributed by atoms with van der Waals surface area (Å²) in [5.41, 5.74) is 1.11. The fourth-order valence-corrected chi connectivity index (χ4v) is 5.53. The van der Waals surface area contributed by atoms with Gasteiger partial charge in [-0.2, -0.15) is 4.31 Å². The maximum absolute atomic E-state index is 12.7. The molecule has 0 unspecified atom stereocenters. The van der Waals surface area contributed by atoms with Gasteiger partial charge in [-0.15, -0.1) is 10.2 Å². The van der Waals surface area contributed by atoms with Gasteiger partial charge in [0.05, 0.1) is 30.6 Å². The van der Waals surface area contributed by atoms with E-state index in [9.17, 15) is 13.2 Å². The minimum atomic E-state index is -3.48. The maximum atomic E-state index is 12.7. The van der Waals surface area contributed by atoms with E-state index in [2.05, 4.69) is 15.5 Å². The van der Waals surface area contributed by atoms with Gasteiger partial charge in [0, 0.05) is 24.7 Å². The van der Waals surface area contributed by atoms with E-state index in [-0.39, 0.29) is 27.7 Å². The van der Waals surface area contributed by atoms with Crippen LogP contribution in [0.3, 0.4) is 0 Å². The molecule has 34 heavy (non-hydrogen) atoms. The molecule has 1 aromatic heterocycles. The number of nitrogens with one attached hydrogen (secondary N) is 1. The second-order valence-corrected chi connectivity index (χ2v) is 10.3. The molecule has 0 atom stereocenters. The molecular formula is C22H24N4O6S2. The zero-order chi connectivity index (χ0) is 24.1. The van der Waals surface area contributed by atoms with Crippen LogP contribution in [0.15, 0.2) is 57.0 Å². The van der Waals surface area contributed by atoms with Crippen molar-refractivity contribution in [3.05, 3.63) is 42.5 Å². The summed E-state index contributed by atoms with van der Waals surface area (Å²) in [4.78, 5) is 12.6. The number of carbonyl (C=O) groups excluding carboxylic acids is 1. The number of nitrogens with zero attached hydrogens (tertiary/aromatic N) is 3. The highest BCUT2D eigenvalue weighted by molar-refractivity contribution is 7.99. The van der Waals surface area contributed by atoms with E-state index in [0.717, 1.165) is 24.6 Å². The first-order chi connectivity index (χ1) is 16.4. The number of rotatable bonds is 9. The summed E-state index contributed by atoms with van der Waals surface area (Å²) in [6.07, 6.45) is 1.76. The topological polar surface area (TPSA) is 124 Å². The van der Waals surface area contributed by atoms with Crippen molar-refractivity contribution < 1.29 is 27.1 Å². The standard InChI is InChI=1S/C22H24N4O6S2/c1-30-16-7-10-18(19(13-16)31-2)23-20(27)14-33-22-25-24-21(32-22)15-5-8-17(9-6-15)34(28,29)26-11-3-4-12-26/h5-10,13H,3-4,11-12,14H2,1-2H3,(H,23,27). The van der Waals surface area contributed by atoms with Crippen molar-refractivity contribution in [2.75, 3.05) is 38.4 Å². The molecule has 1 amide bonds. The van der Waals surface area contributed by atoms with E-state index in [1.165, 1.54) is 23.5 Å². The molecule has 1 aliphatic rings. The van der Waals surface area contributed by atoms with Gasteiger partial charge in [-0.25, -0.2) is 8.42 Å². The summed E-state index contributed by atoms with van der Waals surface area (Å²) in [5.74, 6) is 1.11. The van der Waals surface area contributed by atoms with E-state index in [4.69, 9.17) is 13.9 Å². The molecule has 0 saturated carbocycles. The lowest BCUT2D eigenvalue weighted by Gasteiger charge is -2.15. The Balaban J connectivity index is 1.36. The lowest BCUT2D eigenvalue weighted by Crippen LogP contribution is -2.27. The van der Waals surface area contributed by atoms with Gasteiger partial charge in [0.2, 0.25) is 21.8 Å². The molecular weight excluding hydrogens is 480 g/mol. The summed E-state index contributed by atoms with van der Waals surface area (Å²) in [5, 5.41) is 11.0. The van der Waals surface area contributed by atoms with Crippen LogP contribution < -0.4 is 14.8 Å². The third-order valence-corrected chi connectivity index (χ3v) is 7.95. The Morgan fingerprint density at radius 1 is 1.09 bits per heavy atom. The van der Waals surface area contributed by atoms with Crippen molar-refractivity contribution >= 4 is 33.4 Å². The molecule has 10 nitrogen and oxygen atoms in total. The van der Waals surface area contributed by atoms with E-state index >= 15 is 0 Å². The van der Waals surface area contributed by atoms with Gasteiger partial charge >= 0.3 is 0 Å². The Hall–Kier alpha value is -3.09. The van der Waals surface area contributed by atoms with Gasteiger partial charge in [0.15, 0.2) is 0 Å². The van der Waals surface area contributed by atoms with Crippen LogP contribution in [0.2, 0.25) is 0 Å².